The molecule has 4 N–H and O–H groups in total. The SMILES string of the molecule is CCCNC(=O)C[NH+](C)[C@H](C)C(=O)Nc1ccc(S(=O)(=O)NC(C)C)cc1. The molecule has 0 bridgehead atoms. The quantitative estimate of drug-likeness (QED) is 0.435. The van der Waals surface area contributed by atoms with E-state index in [4.69, 9.17) is 0 Å². The molecule has 0 radical (unpaired) electrons. The fourth-order valence-corrected chi connectivity index (χ4v) is 3.55. The van der Waals surface area contributed by atoms with Gasteiger partial charge in [-0.2, -0.15) is 0 Å². The van der Waals surface area contributed by atoms with Gasteiger partial charge in [0.15, 0.2) is 12.6 Å². The maximum atomic E-state index is 12.4. The van der Waals surface area contributed by atoms with Crippen molar-refractivity contribution in [3.05, 3.63) is 24.3 Å². The summed E-state index contributed by atoms with van der Waals surface area (Å²) in [5.41, 5.74) is 0.499. The van der Waals surface area contributed by atoms with Gasteiger partial charge in [-0.3, -0.25) is 9.59 Å². The third-order valence-electron chi connectivity index (χ3n) is 3.97. The number of likely N-dealkylation sites (N-methyl/N-ethyl adjacent to an activating group) is 1. The Morgan fingerprint density at radius 3 is 2.22 bits per heavy atom. The van der Waals surface area contributed by atoms with Gasteiger partial charge in [-0.1, -0.05) is 6.92 Å². The number of benzene rings is 1. The van der Waals surface area contributed by atoms with Gasteiger partial charge < -0.3 is 15.5 Å². The minimum absolute atomic E-state index is 0.0961. The van der Waals surface area contributed by atoms with Crippen molar-refractivity contribution in [3.8, 4) is 0 Å². The molecule has 1 unspecified atom stereocenters. The highest BCUT2D eigenvalue weighted by molar-refractivity contribution is 7.89. The van der Waals surface area contributed by atoms with E-state index in [1.807, 2.05) is 6.92 Å². The van der Waals surface area contributed by atoms with E-state index in [1.165, 1.54) is 12.1 Å². The number of rotatable bonds is 10. The summed E-state index contributed by atoms with van der Waals surface area (Å²) >= 11 is 0. The van der Waals surface area contributed by atoms with Crippen LogP contribution in [0.5, 0.6) is 0 Å². The summed E-state index contributed by atoms with van der Waals surface area (Å²) in [4.78, 5) is 25.1. The molecule has 152 valence electrons. The van der Waals surface area contributed by atoms with Crippen LogP contribution in [0.15, 0.2) is 29.2 Å². The van der Waals surface area contributed by atoms with Crippen LogP contribution >= 0.6 is 0 Å². The maximum absolute atomic E-state index is 12.4. The Morgan fingerprint density at radius 1 is 1.11 bits per heavy atom. The van der Waals surface area contributed by atoms with Gasteiger partial charge in [0.05, 0.1) is 11.9 Å². The van der Waals surface area contributed by atoms with Crippen molar-refractivity contribution in [1.29, 1.82) is 0 Å². The third kappa shape index (κ3) is 7.66. The molecule has 27 heavy (non-hydrogen) atoms. The number of carbonyl (C=O) groups is 2. The first kappa shape index (κ1) is 23.1. The van der Waals surface area contributed by atoms with Crippen molar-refractivity contribution in [3.63, 3.8) is 0 Å². The van der Waals surface area contributed by atoms with E-state index in [9.17, 15) is 18.0 Å². The van der Waals surface area contributed by atoms with Gasteiger partial charge in [0.2, 0.25) is 10.0 Å². The molecule has 0 aliphatic heterocycles. The Kier molecular flexibility index (Phi) is 8.87. The second-order valence-corrected chi connectivity index (χ2v) is 8.60. The molecule has 1 rings (SSSR count). The molecule has 0 spiro atoms. The zero-order valence-electron chi connectivity index (χ0n) is 16.6. The summed E-state index contributed by atoms with van der Waals surface area (Å²) in [7, 11) is -1.79. The summed E-state index contributed by atoms with van der Waals surface area (Å²) in [6.45, 7) is 8.02. The monoisotopic (exact) mass is 399 g/mol. The first-order valence-electron chi connectivity index (χ1n) is 9.09. The van der Waals surface area contributed by atoms with E-state index in [0.717, 1.165) is 11.3 Å². The molecule has 2 atom stereocenters. The van der Waals surface area contributed by atoms with Crippen molar-refractivity contribution in [2.24, 2.45) is 0 Å². The smallest absolute Gasteiger partial charge is 0.282 e. The lowest BCUT2D eigenvalue weighted by atomic mass is 10.2. The fourth-order valence-electron chi connectivity index (χ4n) is 2.30. The lowest BCUT2D eigenvalue weighted by Crippen LogP contribution is -3.15. The summed E-state index contributed by atoms with van der Waals surface area (Å²) in [5, 5.41) is 5.54. The number of nitrogens with one attached hydrogen (secondary N) is 4. The van der Waals surface area contributed by atoms with E-state index in [1.54, 1.807) is 40.0 Å². The molecule has 2 amide bonds. The number of anilines is 1. The molecule has 0 saturated heterocycles. The standard InChI is InChI=1S/C18H30N4O4S/c1-6-11-19-17(23)12-22(5)14(4)18(24)20-15-7-9-16(10-8-15)27(25,26)21-13(2)3/h7-10,13-14,21H,6,11-12H2,1-5H3,(H,19,23)(H,20,24)/p+1/t14-/m1/s1. The first-order valence-corrected chi connectivity index (χ1v) is 10.6. The van der Waals surface area contributed by atoms with Crippen molar-refractivity contribution >= 4 is 27.5 Å². The average molecular weight is 400 g/mol. The molecular weight excluding hydrogens is 368 g/mol. The Labute approximate surface area is 161 Å². The molecular formula is C18H31N4O4S+. The minimum atomic E-state index is -3.57. The predicted molar refractivity (Wildman–Crippen MR) is 105 cm³/mol. The third-order valence-corrected chi connectivity index (χ3v) is 5.64. The number of carbonyl (C=O) groups excluding carboxylic acids is 2. The Morgan fingerprint density at radius 2 is 1.70 bits per heavy atom. The summed E-state index contributed by atoms with van der Waals surface area (Å²) in [6, 6.07) is 5.33. The minimum Gasteiger partial charge on any atom is -0.351 e. The largest absolute Gasteiger partial charge is 0.351 e. The van der Waals surface area contributed by atoms with Gasteiger partial charge in [0.25, 0.3) is 11.8 Å². The molecule has 1 aromatic rings. The number of hydrogen-bond acceptors (Lipinski definition) is 4. The van der Waals surface area contributed by atoms with Gasteiger partial charge >= 0.3 is 0 Å². The molecule has 0 aliphatic rings. The lowest BCUT2D eigenvalue weighted by Gasteiger charge is -2.20. The molecule has 1 aromatic carbocycles. The van der Waals surface area contributed by atoms with Crippen molar-refractivity contribution in [1.82, 2.24) is 10.0 Å². The second kappa shape index (κ2) is 10.4. The molecule has 9 heteroatoms. The van der Waals surface area contributed by atoms with Gasteiger partial charge in [0.1, 0.15) is 0 Å². The van der Waals surface area contributed by atoms with E-state index < -0.39 is 16.1 Å². The van der Waals surface area contributed by atoms with Crippen molar-refractivity contribution < 1.29 is 22.9 Å². The number of hydrogen-bond donors (Lipinski definition) is 4. The summed E-state index contributed by atoms with van der Waals surface area (Å²) in [5.74, 6) is -0.340. The lowest BCUT2D eigenvalue weighted by molar-refractivity contribution is -0.885. The molecule has 0 aliphatic carbocycles. The van der Waals surface area contributed by atoms with Crippen LogP contribution in [0.25, 0.3) is 0 Å². The number of amides is 2. The molecule has 0 fully saturated rings. The van der Waals surface area contributed by atoms with Crippen LogP contribution in [0, 0.1) is 0 Å². The van der Waals surface area contributed by atoms with Gasteiger partial charge in [-0.15, -0.1) is 0 Å². The number of sulfonamides is 1. The van der Waals surface area contributed by atoms with Gasteiger partial charge in [-0.05, 0) is 51.5 Å². The van der Waals surface area contributed by atoms with Crippen molar-refractivity contribution in [2.75, 3.05) is 25.5 Å². The Hall–Kier alpha value is -1.97. The van der Waals surface area contributed by atoms with Gasteiger partial charge in [-0.25, -0.2) is 13.1 Å². The van der Waals surface area contributed by atoms with Crippen LogP contribution in [0.1, 0.15) is 34.1 Å². The zero-order valence-corrected chi connectivity index (χ0v) is 17.4. The normalized spacial score (nSPS) is 13.9. The molecule has 0 aromatic heterocycles. The Bertz CT molecular complexity index is 732. The van der Waals surface area contributed by atoms with E-state index in [-0.39, 0.29) is 29.3 Å². The maximum Gasteiger partial charge on any atom is 0.282 e. The Balaban J connectivity index is 2.67. The summed E-state index contributed by atoms with van der Waals surface area (Å²) in [6.07, 6.45) is 0.860. The second-order valence-electron chi connectivity index (χ2n) is 6.88. The van der Waals surface area contributed by atoms with Crippen LogP contribution < -0.4 is 20.3 Å². The van der Waals surface area contributed by atoms with Crippen LogP contribution in [0.4, 0.5) is 5.69 Å². The van der Waals surface area contributed by atoms with E-state index in [2.05, 4.69) is 15.4 Å². The van der Waals surface area contributed by atoms with Crippen LogP contribution in [0.2, 0.25) is 0 Å². The first-order chi connectivity index (χ1) is 12.6. The topological polar surface area (TPSA) is 109 Å². The highest BCUT2D eigenvalue weighted by Crippen LogP contribution is 2.14. The van der Waals surface area contributed by atoms with Crippen LogP contribution in [0.3, 0.4) is 0 Å². The predicted octanol–water partition coefficient (Wildman–Crippen LogP) is -0.259. The van der Waals surface area contributed by atoms with Crippen LogP contribution in [-0.2, 0) is 19.6 Å². The highest BCUT2D eigenvalue weighted by Gasteiger charge is 2.24. The summed E-state index contributed by atoms with van der Waals surface area (Å²) < 4.78 is 26.7. The van der Waals surface area contributed by atoms with E-state index >= 15 is 0 Å². The van der Waals surface area contributed by atoms with Gasteiger partial charge in [0, 0.05) is 18.3 Å². The highest BCUT2D eigenvalue weighted by atomic mass is 32.2. The van der Waals surface area contributed by atoms with Crippen LogP contribution in [-0.4, -0.2) is 52.5 Å². The zero-order chi connectivity index (χ0) is 20.6. The fraction of sp³-hybridized carbons (Fsp3) is 0.556. The van der Waals surface area contributed by atoms with Crippen molar-refractivity contribution in [2.45, 2.75) is 51.1 Å². The molecule has 0 heterocycles. The average Bonchev–Trinajstić information content (AvgIpc) is 2.58. The van der Waals surface area contributed by atoms with E-state index in [0.29, 0.717) is 12.2 Å². The number of quaternary nitrogens is 1. The molecule has 8 nitrogen and oxygen atoms in total. The molecule has 0 saturated carbocycles.